The highest BCUT2D eigenvalue weighted by molar-refractivity contribution is 5.61. The molecule has 0 N–H and O–H groups in total. The Morgan fingerprint density at radius 2 is 2.00 bits per heavy atom. The van der Waals surface area contributed by atoms with Crippen LogP contribution in [0, 0.1) is 11.3 Å². The smallest absolute Gasteiger partial charge is 0.202 e. The molecular weight excluding hydrogens is 112 g/mol. The number of rotatable bonds is 1. The molecule has 2 saturated carbocycles. The highest BCUT2D eigenvalue weighted by Gasteiger charge is 2.55. The van der Waals surface area contributed by atoms with Gasteiger partial charge in [-0.3, -0.25) is 4.79 Å². The molecule has 0 bridgehead atoms. The van der Waals surface area contributed by atoms with Gasteiger partial charge >= 0.3 is 0 Å². The molecule has 0 aromatic carbocycles. The van der Waals surface area contributed by atoms with E-state index in [1.54, 1.807) is 0 Å². The first kappa shape index (κ1) is 5.45. The Kier molecular flexibility index (Phi) is 0.961. The highest BCUT2D eigenvalue weighted by atomic mass is 16.1. The summed E-state index contributed by atoms with van der Waals surface area (Å²) in [6, 6.07) is 0. The van der Waals surface area contributed by atoms with Crippen LogP contribution in [0.25, 0.3) is 0 Å². The van der Waals surface area contributed by atoms with Gasteiger partial charge in [0.25, 0.3) is 0 Å². The SMILES string of the molecule is O=[C]C1CC12CCCC2. The summed E-state index contributed by atoms with van der Waals surface area (Å²) in [4.78, 5) is 10.2. The van der Waals surface area contributed by atoms with Gasteiger partial charge in [-0.15, -0.1) is 0 Å². The largest absolute Gasteiger partial charge is 0.291 e. The molecule has 0 saturated heterocycles. The Morgan fingerprint density at radius 3 is 2.44 bits per heavy atom. The lowest BCUT2D eigenvalue weighted by Gasteiger charge is -2.00. The van der Waals surface area contributed by atoms with Crippen LogP contribution in [0.4, 0.5) is 0 Å². The number of carbonyl (C=O) groups excluding carboxylic acids is 1. The molecule has 49 valence electrons. The Labute approximate surface area is 55.4 Å². The molecule has 1 radical (unpaired) electrons. The van der Waals surface area contributed by atoms with Gasteiger partial charge in [0.2, 0.25) is 6.29 Å². The van der Waals surface area contributed by atoms with Crippen molar-refractivity contribution in [3.63, 3.8) is 0 Å². The summed E-state index contributed by atoms with van der Waals surface area (Å²) in [7, 11) is 0. The van der Waals surface area contributed by atoms with Crippen molar-refractivity contribution in [3.8, 4) is 0 Å². The van der Waals surface area contributed by atoms with E-state index in [1.165, 1.54) is 25.7 Å². The third-order valence-electron chi connectivity index (χ3n) is 2.93. The molecule has 0 amide bonds. The van der Waals surface area contributed by atoms with Crippen molar-refractivity contribution in [2.24, 2.45) is 11.3 Å². The lowest BCUT2D eigenvalue weighted by molar-refractivity contribution is 0.487. The summed E-state index contributed by atoms with van der Waals surface area (Å²) < 4.78 is 0. The summed E-state index contributed by atoms with van der Waals surface area (Å²) in [6.45, 7) is 0. The molecule has 2 aliphatic carbocycles. The van der Waals surface area contributed by atoms with E-state index in [-0.39, 0.29) is 0 Å². The average molecular weight is 123 g/mol. The van der Waals surface area contributed by atoms with Gasteiger partial charge in [0, 0.05) is 5.92 Å². The Balaban J connectivity index is 2.04. The second kappa shape index (κ2) is 1.59. The average Bonchev–Trinajstić information content (AvgIpc) is 2.30. The molecular formula is C8H11O. The van der Waals surface area contributed by atoms with Crippen LogP contribution in [0.15, 0.2) is 0 Å². The Morgan fingerprint density at radius 1 is 1.33 bits per heavy atom. The predicted molar refractivity (Wildman–Crippen MR) is 34.7 cm³/mol. The van der Waals surface area contributed by atoms with Crippen molar-refractivity contribution in [1.82, 2.24) is 0 Å². The van der Waals surface area contributed by atoms with Crippen LogP contribution < -0.4 is 0 Å². The van der Waals surface area contributed by atoms with Crippen molar-refractivity contribution >= 4 is 6.29 Å². The van der Waals surface area contributed by atoms with Crippen LogP contribution in [0.5, 0.6) is 0 Å². The molecule has 1 atom stereocenters. The van der Waals surface area contributed by atoms with Gasteiger partial charge in [-0.2, -0.15) is 0 Å². The third-order valence-corrected chi connectivity index (χ3v) is 2.93. The summed E-state index contributed by atoms with van der Waals surface area (Å²) in [6.07, 6.45) is 8.56. The predicted octanol–water partition coefficient (Wildman–Crippen LogP) is 1.68. The van der Waals surface area contributed by atoms with E-state index in [1.807, 2.05) is 0 Å². The molecule has 2 fully saturated rings. The Bertz CT molecular complexity index is 134. The van der Waals surface area contributed by atoms with E-state index < -0.39 is 0 Å². The zero-order chi connectivity index (χ0) is 6.32. The van der Waals surface area contributed by atoms with E-state index in [0.29, 0.717) is 11.3 Å². The van der Waals surface area contributed by atoms with Crippen molar-refractivity contribution in [3.05, 3.63) is 0 Å². The molecule has 1 nitrogen and oxygen atoms in total. The monoisotopic (exact) mass is 123 g/mol. The zero-order valence-corrected chi connectivity index (χ0v) is 5.52. The molecule has 0 heterocycles. The van der Waals surface area contributed by atoms with Crippen molar-refractivity contribution in [1.29, 1.82) is 0 Å². The fourth-order valence-corrected chi connectivity index (χ4v) is 2.15. The lowest BCUT2D eigenvalue weighted by atomic mass is 10.0. The molecule has 2 aliphatic rings. The quantitative estimate of drug-likeness (QED) is 0.518. The third kappa shape index (κ3) is 0.637. The minimum atomic E-state index is 0.333. The normalized spacial score (nSPS) is 37.1. The summed E-state index contributed by atoms with van der Waals surface area (Å²) in [5, 5.41) is 0. The van der Waals surface area contributed by atoms with Crippen molar-refractivity contribution < 1.29 is 4.79 Å². The van der Waals surface area contributed by atoms with Crippen LogP contribution >= 0.6 is 0 Å². The van der Waals surface area contributed by atoms with Crippen LogP contribution in [-0.2, 0) is 4.79 Å². The van der Waals surface area contributed by atoms with Gasteiger partial charge in [-0.25, -0.2) is 0 Å². The molecule has 0 aromatic rings. The second-order valence-electron chi connectivity index (χ2n) is 3.44. The van der Waals surface area contributed by atoms with Gasteiger partial charge in [0.15, 0.2) is 0 Å². The van der Waals surface area contributed by atoms with Crippen molar-refractivity contribution in [2.45, 2.75) is 32.1 Å². The van der Waals surface area contributed by atoms with E-state index in [9.17, 15) is 4.79 Å². The molecule has 0 aliphatic heterocycles. The maximum absolute atomic E-state index is 10.2. The molecule has 9 heavy (non-hydrogen) atoms. The van der Waals surface area contributed by atoms with Crippen LogP contribution in [-0.4, -0.2) is 6.29 Å². The first-order chi connectivity index (χ1) is 4.37. The maximum Gasteiger partial charge on any atom is 0.202 e. The molecule has 2 rings (SSSR count). The number of hydrogen-bond acceptors (Lipinski definition) is 1. The maximum atomic E-state index is 10.2. The molecule has 1 heteroatoms. The minimum absolute atomic E-state index is 0.333. The van der Waals surface area contributed by atoms with Crippen molar-refractivity contribution in [2.75, 3.05) is 0 Å². The van der Waals surface area contributed by atoms with Gasteiger partial charge in [-0.05, 0) is 24.7 Å². The van der Waals surface area contributed by atoms with Gasteiger partial charge in [0.1, 0.15) is 0 Å². The fraction of sp³-hybridized carbons (Fsp3) is 0.875. The highest BCUT2D eigenvalue weighted by Crippen LogP contribution is 2.61. The van der Waals surface area contributed by atoms with Gasteiger partial charge in [-0.1, -0.05) is 12.8 Å². The van der Waals surface area contributed by atoms with Crippen LogP contribution in [0.1, 0.15) is 32.1 Å². The first-order valence-corrected chi connectivity index (χ1v) is 3.75. The Hall–Kier alpha value is -0.330. The summed E-state index contributed by atoms with van der Waals surface area (Å²) >= 11 is 0. The van der Waals surface area contributed by atoms with Gasteiger partial charge < -0.3 is 0 Å². The van der Waals surface area contributed by atoms with E-state index in [2.05, 4.69) is 6.29 Å². The van der Waals surface area contributed by atoms with Gasteiger partial charge in [0.05, 0.1) is 0 Å². The van der Waals surface area contributed by atoms with Crippen LogP contribution in [0.2, 0.25) is 0 Å². The summed E-state index contributed by atoms with van der Waals surface area (Å²) in [5.74, 6) is 0.333. The van der Waals surface area contributed by atoms with E-state index in [4.69, 9.17) is 0 Å². The van der Waals surface area contributed by atoms with Crippen LogP contribution in [0.3, 0.4) is 0 Å². The standard InChI is InChI=1S/C8H11O/c9-6-7-5-8(7)3-1-2-4-8/h7H,1-5H2. The second-order valence-corrected chi connectivity index (χ2v) is 3.44. The molecule has 1 unspecified atom stereocenters. The first-order valence-electron chi connectivity index (χ1n) is 3.75. The summed E-state index contributed by atoms with van der Waals surface area (Å²) in [5.41, 5.74) is 0.488. The number of hydrogen-bond donors (Lipinski definition) is 0. The van der Waals surface area contributed by atoms with E-state index >= 15 is 0 Å². The molecule has 0 aromatic heterocycles. The topological polar surface area (TPSA) is 17.1 Å². The van der Waals surface area contributed by atoms with E-state index in [0.717, 1.165) is 6.42 Å². The molecule has 1 spiro atoms. The minimum Gasteiger partial charge on any atom is -0.291 e. The fourth-order valence-electron chi connectivity index (χ4n) is 2.15. The lowest BCUT2D eigenvalue weighted by Crippen LogP contribution is -1.96. The zero-order valence-electron chi connectivity index (χ0n) is 5.52.